The van der Waals surface area contributed by atoms with E-state index < -0.39 is 17.9 Å². The highest BCUT2D eigenvalue weighted by atomic mass is 16.4. The number of hydrogen-bond acceptors (Lipinski definition) is 4. The van der Waals surface area contributed by atoms with Gasteiger partial charge in [0.15, 0.2) is 11.5 Å². The van der Waals surface area contributed by atoms with E-state index in [2.05, 4.69) is 5.32 Å². The van der Waals surface area contributed by atoms with Crippen molar-refractivity contribution < 1.29 is 24.9 Å². The van der Waals surface area contributed by atoms with E-state index in [4.69, 9.17) is 5.11 Å². The fourth-order valence-electron chi connectivity index (χ4n) is 1.61. The monoisotopic (exact) mass is 279 g/mol. The second-order valence-corrected chi connectivity index (χ2v) is 4.65. The maximum Gasteiger partial charge on any atom is 0.326 e. The molecule has 1 amide bonds. The number of aliphatic carboxylic acids is 1. The van der Waals surface area contributed by atoms with Crippen molar-refractivity contribution in [1.82, 2.24) is 5.32 Å². The first-order valence-corrected chi connectivity index (χ1v) is 5.98. The number of carboxylic acids is 1. The van der Waals surface area contributed by atoms with Crippen molar-refractivity contribution in [3.8, 4) is 11.5 Å². The zero-order valence-corrected chi connectivity index (χ0v) is 11.3. The van der Waals surface area contributed by atoms with E-state index in [9.17, 15) is 19.8 Å². The van der Waals surface area contributed by atoms with Crippen LogP contribution in [0.2, 0.25) is 0 Å². The Bertz CT molecular complexity index is 546. The summed E-state index contributed by atoms with van der Waals surface area (Å²) in [6.45, 7) is 3.46. The van der Waals surface area contributed by atoms with Crippen LogP contribution in [-0.4, -0.2) is 33.2 Å². The Morgan fingerprint density at radius 1 is 1.25 bits per heavy atom. The molecule has 1 aromatic rings. The van der Waals surface area contributed by atoms with Crippen LogP contribution >= 0.6 is 0 Å². The van der Waals surface area contributed by atoms with Gasteiger partial charge in [-0.3, -0.25) is 4.79 Å². The predicted octanol–water partition coefficient (Wildman–Crippen LogP) is 1.18. The summed E-state index contributed by atoms with van der Waals surface area (Å²) in [5.41, 5.74) is 1.25. The Kier molecular flexibility index (Phi) is 5.14. The first-order valence-electron chi connectivity index (χ1n) is 5.98. The summed E-state index contributed by atoms with van der Waals surface area (Å²) in [5, 5.41) is 30.0. The zero-order valence-electron chi connectivity index (χ0n) is 11.3. The second-order valence-electron chi connectivity index (χ2n) is 4.65. The summed E-state index contributed by atoms with van der Waals surface area (Å²) in [6, 6.07) is 2.90. The van der Waals surface area contributed by atoms with Gasteiger partial charge in [0.1, 0.15) is 6.04 Å². The van der Waals surface area contributed by atoms with E-state index in [-0.39, 0.29) is 17.9 Å². The van der Waals surface area contributed by atoms with Crippen molar-refractivity contribution in [2.75, 3.05) is 0 Å². The van der Waals surface area contributed by atoms with E-state index in [0.717, 1.165) is 5.57 Å². The quantitative estimate of drug-likeness (QED) is 0.478. The van der Waals surface area contributed by atoms with Gasteiger partial charge in [-0.25, -0.2) is 4.79 Å². The van der Waals surface area contributed by atoms with Crippen LogP contribution in [0.5, 0.6) is 11.5 Å². The van der Waals surface area contributed by atoms with E-state index in [1.807, 2.05) is 0 Å². The number of carboxylic acid groups (broad SMARTS) is 1. The number of amides is 1. The lowest BCUT2D eigenvalue weighted by molar-refractivity contribution is -0.141. The van der Waals surface area contributed by atoms with Gasteiger partial charge in [0.2, 0.25) is 5.91 Å². The van der Waals surface area contributed by atoms with Crippen LogP contribution in [0, 0.1) is 0 Å². The van der Waals surface area contributed by atoms with E-state index in [1.165, 1.54) is 24.3 Å². The Labute approximate surface area is 116 Å². The number of aromatic hydroxyl groups is 2. The van der Waals surface area contributed by atoms with E-state index >= 15 is 0 Å². The number of hydrogen-bond donors (Lipinski definition) is 4. The number of phenolic OH excluding ortho intramolecular Hbond substituents is 2. The molecule has 0 aliphatic heterocycles. The van der Waals surface area contributed by atoms with Crippen LogP contribution in [-0.2, 0) is 16.0 Å². The van der Waals surface area contributed by atoms with Crippen molar-refractivity contribution in [2.24, 2.45) is 0 Å². The van der Waals surface area contributed by atoms with Crippen LogP contribution in [0.4, 0.5) is 0 Å². The summed E-state index contributed by atoms with van der Waals surface area (Å²) >= 11 is 0. The van der Waals surface area contributed by atoms with Crippen LogP contribution in [0.3, 0.4) is 0 Å². The standard InChI is InChI=1S/C14H17NO5/c1-8(2)5-13(18)15-10(14(19)20)6-9-3-4-11(16)12(17)7-9/h3-5,7,10,16-17H,6H2,1-2H3,(H,15,18)(H,19,20)/t10-/m0/s1. The fourth-order valence-corrected chi connectivity index (χ4v) is 1.61. The molecule has 0 saturated carbocycles. The second kappa shape index (κ2) is 6.60. The third kappa shape index (κ3) is 4.64. The number of carbonyl (C=O) groups is 2. The summed E-state index contributed by atoms with van der Waals surface area (Å²) in [5.74, 6) is -2.27. The van der Waals surface area contributed by atoms with Gasteiger partial charge in [-0.15, -0.1) is 0 Å². The van der Waals surface area contributed by atoms with Gasteiger partial charge in [-0.2, -0.15) is 0 Å². The highest BCUT2D eigenvalue weighted by Gasteiger charge is 2.20. The lowest BCUT2D eigenvalue weighted by Crippen LogP contribution is -2.41. The maximum atomic E-state index is 11.5. The lowest BCUT2D eigenvalue weighted by Gasteiger charge is -2.14. The van der Waals surface area contributed by atoms with Crippen LogP contribution in [0.1, 0.15) is 19.4 Å². The molecule has 0 saturated heterocycles. The van der Waals surface area contributed by atoms with E-state index in [1.54, 1.807) is 13.8 Å². The van der Waals surface area contributed by atoms with Gasteiger partial charge < -0.3 is 20.6 Å². The van der Waals surface area contributed by atoms with E-state index in [0.29, 0.717) is 5.56 Å². The Morgan fingerprint density at radius 2 is 1.90 bits per heavy atom. The molecule has 0 radical (unpaired) electrons. The fraction of sp³-hybridized carbons (Fsp3) is 0.286. The summed E-state index contributed by atoms with van der Waals surface area (Å²) in [7, 11) is 0. The average molecular weight is 279 g/mol. The normalized spacial score (nSPS) is 11.5. The molecule has 20 heavy (non-hydrogen) atoms. The van der Waals surface area contributed by atoms with Crippen molar-refractivity contribution in [2.45, 2.75) is 26.3 Å². The lowest BCUT2D eigenvalue weighted by atomic mass is 10.1. The van der Waals surface area contributed by atoms with Crippen molar-refractivity contribution in [1.29, 1.82) is 0 Å². The first kappa shape index (κ1) is 15.6. The minimum Gasteiger partial charge on any atom is -0.504 e. The zero-order chi connectivity index (χ0) is 15.3. The molecule has 0 aromatic heterocycles. The summed E-state index contributed by atoms with van der Waals surface area (Å²) in [6.07, 6.45) is 1.32. The van der Waals surface area contributed by atoms with Crippen LogP contribution in [0.15, 0.2) is 29.8 Å². The maximum absolute atomic E-state index is 11.5. The van der Waals surface area contributed by atoms with Crippen molar-refractivity contribution in [3.63, 3.8) is 0 Å². The van der Waals surface area contributed by atoms with Gasteiger partial charge in [0.25, 0.3) is 0 Å². The molecule has 108 valence electrons. The molecule has 0 heterocycles. The highest BCUT2D eigenvalue weighted by Crippen LogP contribution is 2.25. The minimum absolute atomic E-state index is 0.00547. The molecule has 6 nitrogen and oxygen atoms in total. The number of rotatable bonds is 5. The number of phenols is 2. The van der Waals surface area contributed by atoms with Gasteiger partial charge in [0, 0.05) is 12.5 Å². The predicted molar refractivity (Wildman–Crippen MR) is 72.5 cm³/mol. The molecule has 1 rings (SSSR count). The molecular weight excluding hydrogens is 262 g/mol. The molecule has 0 unspecified atom stereocenters. The molecule has 0 spiro atoms. The Balaban J connectivity index is 2.82. The van der Waals surface area contributed by atoms with Crippen LogP contribution in [0.25, 0.3) is 0 Å². The van der Waals surface area contributed by atoms with Crippen molar-refractivity contribution in [3.05, 3.63) is 35.4 Å². The Morgan fingerprint density at radius 3 is 2.40 bits per heavy atom. The largest absolute Gasteiger partial charge is 0.504 e. The number of allylic oxidation sites excluding steroid dienone is 1. The SMILES string of the molecule is CC(C)=CC(=O)N[C@@H](Cc1ccc(O)c(O)c1)C(=O)O. The van der Waals surface area contributed by atoms with Gasteiger partial charge in [-0.1, -0.05) is 11.6 Å². The highest BCUT2D eigenvalue weighted by molar-refractivity contribution is 5.91. The first-order chi connectivity index (χ1) is 9.29. The summed E-state index contributed by atoms with van der Waals surface area (Å²) in [4.78, 5) is 22.7. The molecule has 4 N–H and O–H groups in total. The third-order valence-corrected chi connectivity index (χ3v) is 2.51. The summed E-state index contributed by atoms with van der Waals surface area (Å²) < 4.78 is 0. The van der Waals surface area contributed by atoms with Gasteiger partial charge >= 0.3 is 5.97 Å². The number of benzene rings is 1. The molecule has 6 heteroatoms. The van der Waals surface area contributed by atoms with Crippen molar-refractivity contribution >= 4 is 11.9 Å². The molecule has 0 aliphatic rings. The number of carbonyl (C=O) groups excluding carboxylic acids is 1. The molecule has 0 aliphatic carbocycles. The Hall–Kier alpha value is -2.50. The molecule has 0 fully saturated rings. The molecule has 1 atom stereocenters. The van der Waals surface area contributed by atoms with Gasteiger partial charge in [-0.05, 0) is 31.5 Å². The minimum atomic E-state index is -1.17. The average Bonchev–Trinajstić information content (AvgIpc) is 2.31. The molecule has 0 bridgehead atoms. The molecular formula is C14H17NO5. The molecule has 1 aromatic carbocycles. The van der Waals surface area contributed by atoms with Gasteiger partial charge in [0.05, 0.1) is 0 Å². The van der Waals surface area contributed by atoms with Crippen LogP contribution < -0.4 is 5.32 Å². The smallest absolute Gasteiger partial charge is 0.326 e. The topological polar surface area (TPSA) is 107 Å². The third-order valence-electron chi connectivity index (χ3n) is 2.51. The number of nitrogens with one attached hydrogen (secondary N) is 1.